The van der Waals surface area contributed by atoms with Crippen molar-refractivity contribution in [3.8, 4) is 11.3 Å². The molecular formula is C19H24N2O2. The van der Waals surface area contributed by atoms with Gasteiger partial charge < -0.3 is 4.98 Å². The van der Waals surface area contributed by atoms with Gasteiger partial charge in [0.1, 0.15) is 0 Å². The SMILES string of the molecule is CCCCn1c(=O)[nH]c2c(c1=O)C(C)(CC)Cc1ccccc1-2. The van der Waals surface area contributed by atoms with Crippen molar-refractivity contribution in [3.63, 3.8) is 0 Å². The van der Waals surface area contributed by atoms with E-state index >= 15 is 0 Å². The zero-order valence-corrected chi connectivity index (χ0v) is 14.1. The van der Waals surface area contributed by atoms with Gasteiger partial charge in [0.05, 0.1) is 5.69 Å². The van der Waals surface area contributed by atoms with Gasteiger partial charge >= 0.3 is 5.69 Å². The molecule has 4 nitrogen and oxygen atoms in total. The Morgan fingerprint density at radius 2 is 1.96 bits per heavy atom. The molecule has 1 heterocycles. The fourth-order valence-corrected chi connectivity index (χ4v) is 3.58. The first-order valence-corrected chi connectivity index (χ1v) is 8.47. The van der Waals surface area contributed by atoms with Gasteiger partial charge in [-0.2, -0.15) is 0 Å². The zero-order valence-electron chi connectivity index (χ0n) is 14.1. The van der Waals surface area contributed by atoms with Crippen molar-refractivity contribution in [2.45, 2.75) is 58.4 Å². The van der Waals surface area contributed by atoms with Gasteiger partial charge in [0.2, 0.25) is 0 Å². The van der Waals surface area contributed by atoms with Crippen molar-refractivity contribution >= 4 is 0 Å². The molecule has 1 atom stereocenters. The molecule has 0 aliphatic heterocycles. The number of fused-ring (bicyclic) bond motifs is 3. The van der Waals surface area contributed by atoms with Crippen LogP contribution in [0.5, 0.6) is 0 Å². The maximum Gasteiger partial charge on any atom is 0.328 e. The van der Waals surface area contributed by atoms with Gasteiger partial charge in [-0.1, -0.05) is 51.5 Å². The van der Waals surface area contributed by atoms with Crippen molar-refractivity contribution in [1.82, 2.24) is 9.55 Å². The first kappa shape index (κ1) is 15.8. The van der Waals surface area contributed by atoms with Crippen LogP contribution in [-0.4, -0.2) is 9.55 Å². The van der Waals surface area contributed by atoms with Gasteiger partial charge in [0.25, 0.3) is 5.56 Å². The number of nitrogens with zero attached hydrogens (tertiary/aromatic N) is 1. The molecule has 122 valence electrons. The molecule has 0 radical (unpaired) electrons. The Kier molecular flexibility index (Phi) is 4.00. The predicted octanol–water partition coefficient (Wildman–Crippen LogP) is 3.23. The van der Waals surface area contributed by atoms with Crippen molar-refractivity contribution in [1.29, 1.82) is 0 Å². The van der Waals surface area contributed by atoms with E-state index in [1.54, 1.807) is 0 Å². The van der Waals surface area contributed by atoms with Crippen LogP contribution in [0, 0.1) is 0 Å². The summed E-state index contributed by atoms with van der Waals surface area (Å²) >= 11 is 0. The molecule has 0 fully saturated rings. The molecule has 1 aromatic heterocycles. The molecule has 0 bridgehead atoms. The Bertz CT molecular complexity index is 847. The third-order valence-electron chi connectivity index (χ3n) is 5.17. The highest BCUT2D eigenvalue weighted by atomic mass is 16.2. The van der Waals surface area contributed by atoms with Crippen molar-refractivity contribution in [2.24, 2.45) is 0 Å². The van der Waals surface area contributed by atoms with Crippen LogP contribution in [0.15, 0.2) is 33.9 Å². The molecule has 4 heteroatoms. The highest BCUT2D eigenvalue weighted by molar-refractivity contribution is 5.71. The van der Waals surface area contributed by atoms with E-state index in [1.165, 1.54) is 10.1 Å². The van der Waals surface area contributed by atoms with Crippen LogP contribution in [0.1, 0.15) is 51.2 Å². The number of rotatable bonds is 4. The van der Waals surface area contributed by atoms with Gasteiger partial charge in [-0.3, -0.25) is 9.36 Å². The maximum absolute atomic E-state index is 13.1. The summed E-state index contributed by atoms with van der Waals surface area (Å²) in [6, 6.07) is 8.06. The average Bonchev–Trinajstić information content (AvgIpc) is 2.54. The first-order chi connectivity index (χ1) is 11.0. The Morgan fingerprint density at radius 1 is 1.22 bits per heavy atom. The second-order valence-corrected chi connectivity index (χ2v) is 6.74. The number of unbranched alkanes of at least 4 members (excludes halogenated alkanes) is 1. The van der Waals surface area contributed by atoms with Crippen LogP contribution in [0.3, 0.4) is 0 Å². The van der Waals surface area contributed by atoms with Crippen LogP contribution < -0.4 is 11.2 Å². The number of aromatic nitrogens is 2. The Labute approximate surface area is 136 Å². The molecule has 1 N–H and O–H groups in total. The lowest BCUT2D eigenvalue weighted by Gasteiger charge is -2.35. The maximum atomic E-state index is 13.1. The van der Waals surface area contributed by atoms with Crippen LogP contribution in [0.25, 0.3) is 11.3 Å². The van der Waals surface area contributed by atoms with E-state index in [9.17, 15) is 9.59 Å². The number of H-pyrrole nitrogens is 1. The Morgan fingerprint density at radius 3 is 2.65 bits per heavy atom. The largest absolute Gasteiger partial charge is 0.328 e. The fourth-order valence-electron chi connectivity index (χ4n) is 3.58. The van der Waals surface area contributed by atoms with Crippen LogP contribution in [0.2, 0.25) is 0 Å². The average molecular weight is 312 g/mol. The fraction of sp³-hybridized carbons (Fsp3) is 0.474. The van der Waals surface area contributed by atoms with Gasteiger partial charge in [0.15, 0.2) is 0 Å². The highest BCUT2D eigenvalue weighted by Gasteiger charge is 2.37. The molecule has 0 saturated carbocycles. The molecule has 1 aromatic carbocycles. The minimum absolute atomic E-state index is 0.115. The molecule has 23 heavy (non-hydrogen) atoms. The summed E-state index contributed by atoms with van der Waals surface area (Å²) in [5.41, 5.74) is 3.04. The van der Waals surface area contributed by atoms with E-state index in [0.717, 1.165) is 42.5 Å². The van der Waals surface area contributed by atoms with Crippen LogP contribution in [0.4, 0.5) is 0 Å². The van der Waals surface area contributed by atoms with Crippen LogP contribution in [-0.2, 0) is 18.4 Å². The smallest absolute Gasteiger partial charge is 0.306 e. The molecule has 1 aliphatic carbocycles. The lowest BCUT2D eigenvalue weighted by Crippen LogP contribution is -2.44. The van der Waals surface area contributed by atoms with Gasteiger partial charge in [-0.15, -0.1) is 0 Å². The minimum Gasteiger partial charge on any atom is -0.306 e. The van der Waals surface area contributed by atoms with Crippen molar-refractivity contribution in [3.05, 3.63) is 56.2 Å². The van der Waals surface area contributed by atoms with E-state index < -0.39 is 0 Å². The molecule has 1 aliphatic rings. The number of benzene rings is 1. The van der Waals surface area contributed by atoms with Crippen molar-refractivity contribution in [2.75, 3.05) is 0 Å². The number of hydrogen-bond acceptors (Lipinski definition) is 2. The zero-order chi connectivity index (χ0) is 16.6. The molecule has 0 spiro atoms. The lowest BCUT2D eigenvalue weighted by molar-refractivity contribution is 0.430. The Balaban J connectivity index is 2.32. The quantitative estimate of drug-likeness (QED) is 0.942. The third-order valence-corrected chi connectivity index (χ3v) is 5.17. The molecular weight excluding hydrogens is 288 g/mol. The molecule has 3 rings (SSSR count). The Hall–Kier alpha value is -2.10. The standard InChI is InChI=1S/C19H24N2O2/c1-4-6-11-21-17(22)15-16(20-18(21)23)14-10-8-7-9-13(14)12-19(15,3)5-2/h7-10H,4-6,11-12H2,1-3H3,(H,20,23). The van der Waals surface area contributed by atoms with E-state index in [-0.39, 0.29) is 16.7 Å². The summed E-state index contributed by atoms with van der Waals surface area (Å²) in [5.74, 6) is 0. The van der Waals surface area contributed by atoms with Gasteiger partial charge in [-0.05, 0) is 24.8 Å². The van der Waals surface area contributed by atoms with Gasteiger partial charge in [0, 0.05) is 23.1 Å². The summed E-state index contributed by atoms with van der Waals surface area (Å²) in [6.45, 7) is 6.79. The topological polar surface area (TPSA) is 54.9 Å². The summed E-state index contributed by atoms with van der Waals surface area (Å²) in [7, 11) is 0. The second-order valence-electron chi connectivity index (χ2n) is 6.74. The summed E-state index contributed by atoms with van der Waals surface area (Å²) in [4.78, 5) is 28.5. The monoisotopic (exact) mass is 312 g/mol. The normalized spacial score (nSPS) is 19.3. The molecule has 0 saturated heterocycles. The number of nitrogens with one attached hydrogen (secondary N) is 1. The van der Waals surface area contributed by atoms with E-state index in [0.29, 0.717) is 6.54 Å². The molecule has 1 unspecified atom stereocenters. The van der Waals surface area contributed by atoms with E-state index in [1.807, 2.05) is 18.2 Å². The second kappa shape index (κ2) is 5.84. The number of aromatic amines is 1. The van der Waals surface area contributed by atoms with Crippen LogP contribution >= 0.6 is 0 Å². The summed E-state index contributed by atoms with van der Waals surface area (Å²) in [5, 5.41) is 0. The van der Waals surface area contributed by atoms with E-state index in [2.05, 4.69) is 31.8 Å². The third kappa shape index (κ3) is 2.46. The van der Waals surface area contributed by atoms with Gasteiger partial charge in [-0.25, -0.2) is 4.79 Å². The highest BCUT2D eigenvalue weighted by Crippen LogP contribution is 2.41. The molecule has 2 aromatic rings. The first-order valence-electron chi connectivity index (χ1n) is 8.47. The summed E-state index contributed by atoms with van der Waals surface area (Å²) in [6.07, 6.45) is 3.49. The number of hydrogen-bond donors (Lipinski definition) is 1. The van der Waals surface area contributed by atoms with Crippen molar-refractivity contribution < 1.29 is 0 Å². The molecule has 0 amide bonds. The minimum atomic E-state index is -0.294. The lowest BCUT2D eigenvalue weighted by atomic mass is 9.69. The summed E-state index contributed by atoms with van der Waals surface area (Å²) < 4.78 is 1.38. The van der Waals surface area contributed by atoms with E-state index in [4.69, 9.17) is 0 Å². The predicted molar refractivity (Wildman–Crippen MR) is 93.0 cm³/mol.